The molecule has 0 saturated carbocycles. The maximum absolute atomic E-state index is 3.59. The van der Waals surface area contributed by atoms with Crippen LogP contribution in [0.3, 0.4) is 0 Å². The van der Waals surface area contributed by atoms with E-state index in [-0.39, 0.29) is 0 Å². The third kappa shape index (κ3) is 6.46. The first-order valence-electron chi connectivity index (χ1n) is 6.89. The smallest absolute Gasteiger partial charge is 0.0567 e. The van der Waals surface area contributed by atoms with Gasteiger partial charge in [0.15, 0.2) is 0 Å². The molecule has 3 heteroatoms. The summed E-state index contributed by atoms with van der Waals surface area (Å²) >= 11 is 0. The van der Waals surface area contributed by atoms with Crippen molar-refractivity contribution in [1.29, 1.82) is 0 Å². The zero-order chi connectivity index (χ0) is 12.4. The van der Waals surface area contributed by atoms with Crippen LogP contribution in [0, 0.1) is 0 Å². The van der Waals surface area contributed by atoms with Gasteiger partial charge in [-0.3, -0.25) is 4.90 Å². The summed E-state index contributed by atoms with van der Waals surface area (Å²) in [5, 5.41) is 3.59. The summed E-state index contributed by atoms with van der Waals surface area (Å²) in [5.41, 5.74) is 0. The highest BCUT2D eigenvalue weighted by molar-refractivity contribution is 4.63. The molecule has 0 aliphatic heterocycles. The van der Waals surface area contributed by atoms with Crippen LogP contribution in [-0.4, -0.2) is 55.2 Å². The van der Waals surface area contributed by atoms with Gasteiger partial charge in [0.25, 0.3) is 0 Å². The van der Waals surface area contributed by atoms with E-state index in [1.807, 2.05) is 0 Å². The maximum Gasteiger partial charge on any atom is 0.0567 e. The zero-order valence-electron chi connectivity index (χ0n) is 11.9. The molecule has 0 amide bonds. The first kappa shape index (κ1) is 15.9. The molecule has 0 heterocycles. The molecular weight excluding hydrogens is 198 g/mol. The van der Waals surface area contributed by atoms with Crippen molar-refractivity contribution in [2.24, 2.45) is 0 Å². The van der Waals surface area contributed by atoms with Crippen LogP contribution in [0.25, 0.3) is 0 Å². The molecular formula is C13H31N3. The van der Waals surface area contributed by atoms with Crippen molar-refractivity contribution in [2.75, 3.05) is 39.3 Å². The number of hydrogen-bond acceptors (Lipinski definition) is 3. The fourth-order valence-corrected chi connectivity index (χ4v) is 2.05. The molecule has 0 aromatic rings. The van der Waals surface area contributed by atoms with Crippen LogP contribution in [0.4, 0.5) is 0 Å². The lowest BCUT2D eigenvalue weighted by molar-refractivity contribution is 0.193. The normalized spacial score (nSPS) is 13.7. The summed E-state index contributed by atoms with van der Waals surface area (Å²) in [6.45, 7) is 18.1. The van der Waals surface area contributed by atoms with Crippen LogP contribution in [0.2, 0.25) is 0 Å². The zero-order valence-corrected chi connectivity index (χ0v) is 11.9. The van der Waals surface area contributed by atoms with Crippen LogP contribution < -0.4 is 5.32 Å². The Morgan fingerprint density at radius 2 is 1.50 bits per heavy atom. The highest BCUT2D eigenvalue weighted by Crippen LogP contribution is 1.95. The van der Waals surface area contributed by atoms with Gasteiger partial charge in [0.05, 0.1) is 6.17 Å². The third-order valence-electron chi connectivity index (χ3n) is 3.35. The molecule has 1 N–H and O–H groups in total. The molecule has 1 atom stereocenters. The molecule has 0 bridgehead atoms. The predicted octanol–water partition coefficient (Wildman–Crippen LogP) is 2.00. The Labute approximate surface area is 102 Å². The highest BCUT2D eigenvalue weighted by atomic mass is 15.3. The van der Waals surface area contributed by atoms with Gasteiger partial charge >= 0.3 is 0 Å². The van der Waals surface area contributed by atoms with E-state index in [0.29, 0.717) is 6.17 Å². The number of nitrogens with one attached hydrogen (secondary N) is 1. The van der Waals surface area contributed by atoms with E-state index >= 15 is 0 Å². The van der Waals surface area contributed by atoms with Gasteiger partial charge in [0.1, 0.15) is 0 Å². The molecule has 0 aliphatic rings. The second kappa shape index (κ2) is 10.1. The monoisotopic (exact) mass is 229 g/mol. The van der Waals surface area contributed by atoms with Crippen molar-refractivity contribution >= 4 is 0 Å². The lowest BCUT2D eigenvalue weighted by atomic mass is 10.3. The Balaban J connectivity index is 3.57. The minimum Gasteiger partial charge on any atom is -0.304 e. The van der Waals surface area contributed by atoms with E-state index in [4.69, 9.17) is 0 Å². The average molecular weight is 229 g/mol. The Bertz CT molecular complexity index is 142. The topological polar surface area (TPSA) is 18.5 Å². The molecule has 0 rings (SSSR count). The van der Waals surface area contributed by atoms with Crippen molar-refractivity contribution in [3.8, 4) is 0 Å². The second-order valence-electron chi connectivity index (χ2n) is 4.23. The van der Waals surface area contributed by atoms with Crippen molar-refractivity contribution in [3.05, 3.63) is 0 Å². The summed E-state index contributed by atoms with van der Waals surface area (Å²) in [7, 11) is 0. The first-order valence-corrected chi connectivity index (χ1v) is 6.89. The molecule has 0 saturated heterocycles. The Morgan fingerprint density at radius 1 is 0.938 bits per heavy atom. The van der Waals surface area contributed by atoms with Gasteiger partial charge in [-0.15, -0.1) is 0 Å². The van der Waals surface area contributed by atoms with Crippen molar-refractivity contribution in [3.63, 3.8) is 0 Å². The third-order valence-corrected chi connectivity index (χ3v) is 3.35. The molecule has 0 fully saturated rings. The largest absolute Gasteiger partial charge is 0.304 e. The van der Waals surface area contributed by atoms with Gasteiger partial charge in [-0.1, -0.05) is 27.7 Å². The van der Waals surface area contributed by atoms with Gasteiger partial charge in [-0.2, -0.15) is 0 Å². The predicted molar refractivity (Wildman–Crippen MR) is 72.8 cm³/mol. The summed E-state index contributed by atoms with van der Waals surface area (Å²) in [6, 6.07) is 0. The van der Waals surface area contributed by atoms with Crippen molar-refractivity contribution in [2.45, 2.75) is 47.2 Å². The molecule has 1 unspecified atom stereocenters. The van der Waals surface area contributed by atoms with Crippen LogP contribution in [0.1, 0.15) is 41.0 Å². The Kier molecular flexibility index (Phi) is 9.99. The van der Waals surface area contributed by atoms with Crippen LogP contribution in [0.5, 0.6) is 0 Å². The minimum atomic E-state index is 0.506. The number of rotatable bonds is 10. The summed E-state index contributed by atoms with van der Waals surface area (Å²) in [4.78, 5) is 4.92. The van der Waals surface area contributed by atoms with E-state index in [1.165, 1.54) is 26.1 Å². The molecule has 0 spiro atoms. The fourth-order valence-electron chi connectivity index (χ4n) is 2.05. The second-order valence-corrected chi connectivity index (χ2v) is 4.23. The summed E-state index contributed by atoms with van der Waals surface area (Å²) < 4.78 is 0. The summed E-state index contributed by atoms with van der Waals surface area (Å²) in [5.74, 6) is 0. The van der Waals surface area contributed by atoms with Gasteiger partial charge < -0.3 is 10.2 Å². The quantitative estimate of drug-likeness (QED) is 0.456. The highest BCUT2D eigenvalue weighted by Gasteiger charge is 2.08. The Morgan fingerprint density at radius 3 is 1.94 bits per heavy atom. The van der Waals surface area contributed by atoms with E-state index in [9.17, 15) is 0 Å². The van der Waals surface area contributed by atoms with Crippen LogP contribution in [0.15, 0.2) is 0 Å². The SMILES string of the molecule is CCN(CC)CCCNC(C)N(CC)CC. The Hall–Kier alpha value is -0.120. The van der Waals surface area contributed by atoms with E-state index in [0.717, 1.165) is 19.6 Å². The standard InChI is InChI=1S/C13H31N3/c1-6-15(7-2)12-10-11-14-13(5)16(8-3)9-4/h13-14H,6-12H2,1-5H3. The minimum absolute atomic E-state index is 0.506. The number of nitrogens with zero attached hydrogens (tertiary/aromatic N) is 2. The molecule has 98 valence electrons. The molecule has 0 radical (unpaired) electrons. The van der Waals surface area contributed by atoms with Gasteiger partial charge in [0.2, 0.25) is 0 Å². The molecule has 3 nitrogen and oxygen atoms in total. The lowest BCUT2D eigenvalue weighted by Gasteiger charge is -2.27. The van der Waals surface area contributed by atoms with Gasteiger partial charge in [-0.05, 0) is 52.6 Å². The number of hydrogen-bond donors (Lipinski definition) is 1. The van der Waals surface area contributed by atoms with Gasteiger partial charge in [0, 0.05) is 0 Å². The fraction of sp³-hybridized carbons (Fsp3) is 1.00. The molecule has 16 heavy (non-hydrogen) atoms. The van der Waals surface area contributed by atoms with Crippen LogP contribution in [-0.2, 0) is 0 Å². The lowest BCUT2D eigenvalue weighted by Crippen LogP contribution is -2.44. The first-order chi connectivity index (χ1) is 7.69. The van der Waals surface area contributed by atoms with E-state index in [2.05, 4.69) is 49.7 Å². The maximum atomic E-state index is 3.59. The molecule has 0 aliphatic carbocycles. The average Bonchev–Trinajstić information content (AvgIpc) is 2.31. The van der Waals surface area contributed by atoms with Crippen molar-refractivity contribution in [1.82, 2.24) is 15.1 Å². The van der Waals surface area contributed by atoms with Gasteiger partial charge in [-0.25, -0.2) is 0 Å². The molecule has 0 aromatic carbocycles. The molecule has 0 aromatic heterocycles. The van der Waals surface area contributed by atoms with Crippen molar-refractivity contribution < 1.29 is 0 Å². The van der Waals surface area contributed by atoms with E-state index in [1.54, 1.807) is 0 Å². The summed E-state index contributed by atoms with van der Waals surface area (Å²) in [6.07, 6.45) is 1.75. The van der Waals surface area contributed by atoms with Crippen LogP contribution >= 0.6 is 0 Å². The van der Waals surface area contributed by atoms with E-state index < -0.39 is 0 Å².